The summed E-state index contributed by atoms with van der Waals surface area (Å²) in [5, 5.41) is 9.18. The quantitative estimate of drug-likeness (QED) is 0.742. The van der Waals surface area contributed by atoms with Crippen molar-refractivity contribution in [3.8, 4) is 0 Å². The highest BCUT2D eigenvalue weighted by atomic mass is 16.4. The molecule has 18 heavy (non-hydrogen) atoms. The molecule has 0 saturated heterocycles. The van der Waals surface area contributed by atoms with E-state index in [0.717, 1.165) is 45.1 Å². The van der Waals surface area contributed by atoms with E-state index < -0.39 is 11.9 Å². The number of rotatable bonds is 6. The van der Waals surface area contributed by atoms with Crippen molar-refractivity contribution < 1.29 is 14.7 Å². The Hall–Kier alpha value is -1.06. The van der Waals surface area contributed by atoms with Crippen molar-refractivity contribution in [3.63, 3.8) is 0 Å². The van der Waals surface area contributed by atoms with Crippen LogP contribution in [0.25, 0.3) is 0 Å². The van der Waals surface area contributed by atoms with E-state index in [-0.39, 0.29) is 11.8 Å². The average Bonchev–Trinajstić information content (AvgIpc) is 2.38. The zero-order chi connectivity index (χ0) is 13.5. The normalized spacial score (nSPS) is 23.7. The number of hydrogen-bond acceptors (Lipinski definition) is 2. The molecule has 0 aromatic carbocycles. The molecule has 1 saturated carbocycles. The number of aliphatic carboxylic acids is 1. The van der Waals surface area contributed by atoms with Gasteiger partial charge in [-0.2, -0.15) is 0 Å². The van der Waals surface area contributed by atoms with Gasteiger partial charge >= 0.3 is 5.97 Å². The Balaban J connectivity index is 2.54. The highest BCUT2D eigenvalue weighted by Gasteiger charge is 2.36. The molecular formula is C14H25NO3. The van der Waals surface area contributed by atoms with Gasteiger partial charge in [-0.25, -0.2) is 0 Å². The summed E-state index contributed by atoms with van der Waals surface area (Å²) in [6.45, 7) is 2.87. The van der Waals surface area contributed by atoms with E-state index in [2.05, 4.69) is 6.92 Å². The van der Waals surface area contributed by atoms with E-state index >= 15 is 0 Å². The standard InChI is InChI=1S/C14H25NO3/c1-3-4-7-10-15(2)13(16)11-8-5-6-9-12(11)14(17)18/h11-12H,3-10H2,1-2H3,(H,17,18)/t11-,12+/m1/s1. The fraction of sp³-hybridized carbons (Fsp3) is 0.857. The molecule has 1 N–H and O–H groups in total. The Labute approximate surface area is 109 Å². The van der Waals surface area contributed by atoms with E-state index in [1.807, 2.05) is 0 Å². The lowest BCUT2D eigenvalue weighted by Gasteiger charge is -2.31. The number of carbonyl (C=O) groups excluding carboxylic acids is 1. The molecule has 1 rings (SSSR count). The third-order valence-electron chi connectivity index (χ3n) is 3.87. The Morgan fingerprint density at radius 3 is 2.33 bits per heavy atom. The van der Waals surface area contributed by atoms with Gasteiger partial charge in [0.1, 0.15) is 0 Å². The van der Waals surface area contributed by atoms with Crippen LogP contribution in [0.5, 0.6) is 0 Å². The Kier molecular flexibility index (Phi) is 6.16. The van der Waals surface area contributed by atoms with Crippen molar-refractivity contribution in [1.82, 2.24) is 4.90 Å². The van der Waals surface area contributed by atoms with Gasteiger partial charge in [0.2, 0.25) is 5.91 Å². The van der Waals surface area contributed by atoms with Crippen LogP contribution in [-0.4, -0.2) is 35.5 Å². The summed E-state index contributed by atoms with van der Waals surface area (Å²) in [6, 6.07) is 0. The minimum absolute atomic E-state index is 0.0261. The van der Waals surface area contributed by atoms with Gasteiger partial charge in [0.05, 0.1) is 11.8 Å². The maximum absolute atomic E-state index is 12.3. The molecule has 0 bridgehead atoms. The van der Waals surface area contributed by atoms with Gasteiger partial charge in [0.15, 0.2) is 0 Å². The van der Waals surface area contributed by atoms with Gasteiger partial charge in [-0.15, -0.1) is 0 Å². The SMILES string of the molecule is CCCCCN(C)C(=O)[C@@H]1CCCC[C@@H]1C(=O)O. The Bertz CT molecular complexity index is 291. The van der Waals surface area contributed by atoms with E-state index in [1.54, 1.807) is 11.9 Å². The van der Waals surface area contributed by atoms with E-state index in [0.29, 0.717) is 6.42 Å². The number of carboxylic acid groups (broad SMARTS) is 1. The lowest BCUT2D eigenvalue weighted by molar-refractivity contribution is -0.151. The number of hydrogen-bond donors (Lipinski definition) is 1. The van der Waals surface area contributed by atoms with E-state index in [4.69, 9.17) is 0 Å². The third-order valence-corrected chi connectivity index (χ3v) is 3.87. The molecule has 1 aliphatic carbocycles. The lowest BCUT2D eigenvalue weighted by atomic mass is 9.78. The average molecular weight is 255 g/mol. The summed E-state index contributed by atoms with van der Waals surface area (Å²) in [7, 11) is 1.80. The monoisotopic (exact) mass is 255 g/mol. The maximum atomic E-state index is 12.3. The summed E-state index contributed by atoms with van der Waals surface area (Å²) >= 11 is 0. The minimum atomic E-state index is -0.810. The van der Waals surface area contributed by atoms with Crippen molar-refractivity contribution in [1.29, 1.82) is 0 Å². The third kappa shape index (κ3) is 4.00. The molecule has 0 spiro atoms. The van der Waals surface area contributed by atoms with Gasteiger partial charge in [-0.3, -0.25) is 9.59 Å². The summed E-state index contributed by atoms with van der Waals surface area (Å²) in [6.07, 6.45) is 6.53. The molecule has 4 nitrogen and oxygen atoms in total. The summed E-state index contributed by atoms with van der Waals surface area (Å²) < 4.78 is 0. The van der Waals surface area contributed by atoms with Crippen LogP contribution < -0.4 is 0 Å². The summed E-state index contributed by atoms with van der Waals surface area (Å²) in [4.78, 5) is 25.2. The molecule has 0 heterocycles. The number of carboxylic acids is 1. The molecule has 0 unspecified atom stereocenters. The van der Waals surface area contributed by atoms with Crippen LogP contribution in [0.2, 0.25) is 0 Å². The molecular weight excluding hydrogens is 230 g/mol. The van der Waals surface area contributed by atoms with Gasteiger partial charge < -0.3 is 10.0 Å². The Morgan fingerprint density at radius 1 is 1.17 bits per heavy atom. The second-order valence-electron chi connectivity index (χ2n) is 5.30. The molecule has 0 aromatic rings. The van der Waals surface area contributed by atoms with Gasteiger partial charge in [-0.1, -0.05) is 32.6 Å². The van der Waals surface area contributed by atoms with E-state index in [1.165, 1.54) is 0 Å². The zero-order valence-electron chi connectivity index (χ0n) is 11.5. The number of amides is 1. The highest BCUT2D eigenvalue weighted by Crippen LogP contribution is 2.31. The molecule has 0 aliphatic heterocycles. The lowest BCUT2D eigenvalue weighted by Crippen LogP contribution is -2.41. The first-order chi connectivity index (χ1) is 8.57. The predicted molar refractivity (Wildman–Crippen MR) is 70.2 cm³/mol. The molecule has 104 valence electrons. The number of carbonyl (C=O) groups is 2. The fourth-order valence-corrected chi connectivity index (χ4v) is 2.71. The second kappa shape index (κ2) is 7.39. The Morgan fingerprint density at radius 2 is 1.78 bits per heavy atom. The first-order valence-corrected chi connectivity index (χ1v) is 7.05. The van der Waals surface area contributed by atoms with Gasteiger partial charge in [0, 0.05) is 13.6 Å². The largest absolute Gasteiger partial charge is 0.481 e. The van der Waals surface area contributed by atoms with Crippen molar-refractivity contribution in [2.45, 2.75) is 51.9 Å². The van der Waals surface area contributed by atoms with Crippen LogP contribution in [0.1, 0.15) is 51.9 Å². The van der Waals surface area contributed by atoms with Crippen LogP contribution in [0.4, 0.5) is 0 Å². The van der Waals surface area contributed by atoms with Crippen molar-refractivity contribution in [2.24, 2.45) is 11.8 Å². The highest BCUT2D eigenvalue weighted by molar-refractivity contribution is 5.84. The number of unbranched alkanes of at least 4 members (excludes halogenated alkanes) is 2. The topological polar surface area (TPSA) is 57.6 Å². The summed E-state index contributed by atoms with van der Waals surface area (Å²) in [5.74, 6) is -1.56. The van der Waals surface area contributed by atoms with Gasteiger partial charge in [-0.05, 0) is 19.3 Å². The van der Waals surface area contributed by atoms with Crippen LogP contribution in [-0.2, 0) is 9.59 Å². The van der Waals surface area contributed by atoms with E-state index in [9.17, 15) is 14.7 Å². The molecule has 1 fully saturated rings. The molecule has 1 aliphatic rings. The fourth-order valence-electron chi connectivity index (χ4n) is 2.71. The molecule has 2 atom stereocenters. The van der Waals surface area contributed by atoms with Crippen LogP contribution >= 0.6 is 0 Å². The van der Waals surface area contributed by atoms with Crippen molar-refractivity contribution in [3.05, 3.63) is 0 Å². The molecule has 0 aromatic heterocycles. The van der Waals surface area contributed by atoms with Crippen LogP contribution in [0.15, 0.2) is 0 Å². The van der Waals surface area contributed by atoms with Crippen molar-refractivity contribution >= 4 is 11.9 Å². The summed E-state index contributed by atoms with van der Waals surface area (Å²) in [5.41, 5.74) is 0. The first kappa shape index (κ1) is 15.0. The second-order valence-corrected chi connectivity index (χ2v) is 5.30. The first-order valence-electron chi connectivity index (χ1n) is 7.05. The van der Waals surface area contributed by atoms with Crippen LogP contribution in [0.3, 0.4) is 0 Å². The molecule has 4 heteroatoms. The molecule has 0 radical (unpaired) electrons. The zero-order valence-corrected chi connectivity index (χ0v) is 11.5. The van der Waals surface area contributed by atoms with Gasteiger partial charge in [0.25, 0.3) is 0 Å². The number of nitrogens with zero attached hydrogens (tertiary/aromatic N) is 1. The maximum Gasteiger partial charge on any atom is 0.307 e. The smallest absolute Gasteiger partial charge is 0.307 e. The molecule has 1 amide bonds. The van der Waals surface area contributed by atoms with Crippen molar-refractivity contribution in [2.75, 3.05) is 13.6 Å². The van der Waals surface area contributed by atoms with Crippen LogP contribution in [0, 0.1) is 11.8 Å². The predicted octanol–water partition coefficient (Wildman–Crippen LogP) is 2.53. The minimum Gasteiger partial charge on any atom is -0.481 e.